The predicted molar refractivity (Wildman–Crippen MR) is 82.6 cm³/mol. The van der Waals surface area contributed by atoms with Crippen LogP contribution in [0.1, 0.15) is 59.8 Å². The van der Waals surface area contributed by atoms with Crippen LogP contribution in [0.3, 0.4) is 0 Å². The third-order valence-corrected chi connectivity index (χ3v) is 4.11. The van der Waals surface area contributed by atoms with Crippen LogP contribution in [0.25, 0.3) is 0 Å². The average Bonchev–Trinajstić information content (AvgIpc) is 2.62. The molecule has 0 aromatic carbocycles. The topological polar surface area (TPSA) is 33.3 Å². The van der Waals surface area contributed by atoms with E-state index in [9.17, 15) is 0 Å². The van der Waals surface area contributed by atoms with Crippen LogP contribution in [-0.4, -0.2) is 37.9 Å². The fourth-order valence-electron chi connectivity index (χ4n) is 2.84. The van der Waals surface area contributed by atoms with Gasteiger partial charge >= 0.3 is 0 Å². The maximum atomic E-state index is 5.59. The largest absolute Gasteiger partial charge is 0.380 e. The predicted octanol–water partition coefficient (Wildman–Crippen LogP) is 2.95. The lowest BCUT2D eigenvalue weighted by atomic mass is 10.00. The number of rotatable bonds is 8. The van der Waals surface area contributed by atoms with Crippen LogP contribution in [0, 0.1) is 5.92 Å². The molecule has 3 heteroatoms. The first-order valence-electron chi connectivity index (χ1n) is 8.20. The minimum Gasteiger partial charge on any atom is -0.380 e. The second kappa shape index (κ2) is 9.73. The smallest absolute Gasteiger partial charge is 0.0622 e. The van der Waals surface area contributed by atoms with Crippen LogP contribution in [0.4, 0.5) is 0 Å². The van der Waals surface area contributed by atoms with Crippen molar-refractivity contribution in [3.05, 3.63) is 0 Å². The van der Waals surface area contributed by atoms with Crippen LogP contribution in [0.15, 0.2) is 0 Å². The fraction of sp³-hybridized carbons (Fsp3) is 1.00. The Labute approximate surface area is 119 Å². The number of hydrogen-bond donors (Lipinski definition) is 2. The van der Waals surface area contributed by atoms with E-state index in [2.05, 4.69) is 38.3 Å². The Hall–Kier alpha value is -0.120. The van der Waals surface area contributed by atoms with Gasteiger partial charge in [-0.1, -0.05) is 26.7 Å². The van der Waals surface area contributed by atoms with Crippen LogP contribution < -0.4 is 10.6 Å². The minimum absolute atomic E-state index is 0.473. The molecule has 0 saturated carbocycles. The van der Waals surface area contributed by atoms with Crippen molar-refractivity contribution in [2.24, 2.45) is 5.92 Å². The summed E-state index contributed by atoms with van der Waals surface area (Å²) in [7, 11) is 0. The molecule has 1 rings (SSSR count). The first-order valence-corrected chi connectivity index (χ1v) is 8.20. The standard InChI is InChI=1S/C16H34N2O/c1-5-19-12-16(13(2)3)18-14(4)11-15-9-7-6-8-10-17-15/h13-18H,5-12H2,1-4H3. The molecule has 0 radical (unpaired) electrons. The maximum Gasteiger partial charge on any atom is 0.0622 e. The summed E-state index contributed by atoms with van der Waals surface area (Å²) in [5.41, 5.74) is 0. The summed E-state index contributed by atoms with van der Waals surface area (Å²) in [6.45, 7) is 11.8. The van der Waals surface area contributed by atoms with Crippen molar-refractivity contribution < 1.29 is 4.74 Å². The van der Waals surface area contributed by atoms with Crippen LogP contribution in [0.5, 0.6) is 0 Å². The van der Waals surface area contributed by atoms with Gasteiger partial charge in [-0.05, 0) is 45.6 Å². The molecule has 1 aliphatic rings. The lowest BCUT2D eigenvalue weighted by Crippen LogP contribution is -2.45. The summed E-state index contributed by atoms with van der Waals surface area (Å²) in [6, 6.07) is 1.73. The molecule has 3 unspecified atom stereocenters. The summed E-state index contributed by atoms with van der Waals surface area (Å²) < 4.78 is 5.59. The van der Waals surface area contributed by atoms with Crippen molar-refractivity contribution in [3.63, 3.8) is 0 Å². The van der Waals surface area contributed by atoms with E-state index in [1.165, 1.54) is 38.6 Å². The summed E-state index contributed by atoms with van der Waals surface area (Å²) in [4.78, 5) is 0. The lowest BCUT2D eigenvalue weighted by Gasteiger charge is -2.28. The zero-order chi connectivity index (χ0) is 14.1. The van der Waals surface area contributed by atoms with E-state index < -0.39 is 0 Å². The first kappa shape index (κ1) is 16.9. The summed E-state index contributed by atoms with van der Waals surface area (Å²) in [6.07, 6.45) is 6.69. The molecule has 0 bridgehead atoms. The number of hydrogen-bond acceptors (Lipinski definition) is 3. The van der Waals surface area contributed by atoms with Gasteiger partial charge in [0.25, 0.3) is 0 Å². The van der Waals surface area contributed by atoms with Crippen LogP contribution in [-0.2, 0) is 4.74 Å². The second-order valence-electron chi connectivity index (χ2n) is 6.31. The molecule has 19 heavy (non-hydrogen) atoms. The van der Waals surface area contributed by atoms with Crippen molar-refractivity contribution in [1.29, 1.82) is 0 Å². The average molecular weight is 270 g/mol. The van der Waals surface area contributed by atoms with E-state index in [1.54, 1.807) is 0 Å². The molecule has 1 aliphatic heterocycles. The Kier molecular flexibility index (Phi) is 8.67. The SMILES string of the molecule is CCOCC(NC(C)CC1CCCCCN1)C(C)C. The molecular weight excluding hydrogens is 236 g/mol. The highest BCUT2D eigenvalue weighted by Crippen LogP contribution is 2.13. The molecule has 3 nitrogen and oxygen atoms in total. The Bertz CT molecular complexity index is 213. The third kappa shape index (κ3) is 7.28. The molecule has 2 N–H and O–H groups in total. The highest BCUT2D eigenvalue weighted by molar-refractivity contribution is 4.80. The highest BCUT2D eigenvalue weighted by Gasteiger charge is 2.19. The zero-order valence-corrected chi connectivity index (χ0v) is 13.4. The zero-order valence-electron chi connectivity index (χ0n) is 13.4. The Balaban J connectivity index is 2.31. The van der Waals surface area contributed by atoms with Crippen LogP contribution in [0.2, 0.25) is 0 Å². The molecule has 1 fully saturated rings. The monoisotopic (exact) mass is 270 g/mol. The molecule has 0 spiro atoms. The third-order valence-electron chi connectivity index (χ3n) is 4.11. The van der Waals surface area contributed by atoms with Gasteiger partial charge < -0.3 is 15.4 Å². The molecular formula is C16H34N2O. The molecule has 0 aliphatic carbocycles. The van der Waals surface area contributed by atoms with Gasteiger partial charge in [-0.2, -0.15) is 0 Å². The van der Waals surface area contributed by atoms with Crippen molar-refractivity contribution in [3.8, 4) is 0 Å². The fourth-order valence-corrected chi connectivity index (χ4v) is 2.84. The van der Waals surface area contributed by atoms with Crippen molar-refractivity contribution in [2.45, 2.75) is 77.9 Å². The number of nitrogens with one attached hydrogen (secondary N) is 2. The van der Waals surface area contributed by atoms with Gasteiger partial charge in [-0.25, -0.2) is 0 Å². The molecule has 114 valence electrons. The van der Waals surface area contributed by atoms with E-state index >= 15 is 0 Å². The van der Waals surface area contributed by atoms with E-state index in [0.717, 1.165) is 13.2 Å². The molecule has 0 aromatic rings. The lowest BCUT2D eigenvalue weighted by molar-refractivity contribution is 0.103. The van der Waals surface area contributed by atoms with E-state index in [0.29, 0.717) is 24.0 Å². The summed E-state index contributed by atoms with van der Waals surface area (Å²) in [5.74, 6) is 0.621. The van der Waals surface area contributed by atoms with Gasteiger partial charge in [-0.3, -0.25) is 0 Å². The Morgan fingerprint density at radius 2 is 2.00 bits per heavy atom. The number of ether oxygens (including phenoxy) is 1. The second-order valence-corrected chi connectivity index (χ2v) is 6.31. The molecule has 0 amide bonds. The highest BCUT2D eigenvalue weighted by atomic mass is 16.5. The van der Waals surface area contributed by atoms with Gasteiger partial charge in [0.1, 0.15) is 0 Å². The Morgan fingerprint density at radius 3 is 2.68 bits per heavy atom. The summed E-state index contributed by atoms with van der Waals surface area (Å²) in [5, 5.41) is 7.44. The van der Waals surface area contributed by atoms with Crippen molar-refractivity contribution in [2.75, 3.05) is 19.8 Å². The quantitative estimate of drug-likeness (QED) is 0.711. The summed E-state index contributed by atoms with van der Waals surface area (Å²) >= 11 is 0. The minimum atomic E-state index is 0.473. The molecule has 1 saturated heterocycles. The van der Waals surface area contributed by atoms with Crippen LogP contribution >= 0.6 is 0 Å². The maximum absolute atomic E-state index is 5.59. The normalized spacial score (nSPS) is 24.2. The molecule has 1 heterocycles. The van der Waals surface area contributed by atoms with Gasteiger partial charge in [0.15, 0.2) is 0 Å². The van der Waals surface area contributed by atoms with E-state index in [-0.39, 0.29) is 0 Å². The van der Waals surface area contributed by atoms with E-state index in [1.807, 2.05) is 0 Å². The molecule has 0 aromatic heterocycles. The first-order chi connectivity index (χ1) is 9.13. The van der Waals surface area contributed by atoms with Gasteiger partial charge in [0.2, 0.25) is 0 Å². The van der Waals surface area contributed by atoms with Gasteiger partial charge in [0.05, 0.1) is 6.61 Å². The van der Waals surface area contributed by atoms with Crippen molar-refractivity contribution in [1.82, 2.24) is 10.6 Å². The van der Waals surface area contributed by atoms with E-state index in [4.69, 9.17) is 4.74 Å². The van der Waals surface area contributed by atoms with Crippen molar-refractivity contribution >= 4 is 0 Å². The van der Waals surface area contributed by atoms with Gasteiger partial charge in [-0.15, -0.1) is 0 Å². The molecule has 3 atom stereocenters. The van der Waals surface area contributed by atoms with Gasteiger partial charge in [0, 0.05) is 24.7 Å². The Morgan fingerprint density at radius 1 is 1.21 bits per heavy atom.